The van der Waals surface area contributed by atoms with Gasteiger partial charge in [0, 0.05) is 6.92 Å². The van der Waals surface area contributed by atoms with Gasteiger partial charge >= 0.3 is 5.97 Å². The van der Waals surface area contributed by atoms with Crippen LogP contribution >= 0.6 is 11.6 Å². The highest BCUT2D eigenvalue weighted by atomic mass is 35.5. The van der Waals surface area contributed by atoms with Crippen molar-refractivity contribution in [1.82, 2.24) is 0 Å². The van der Waals surface area contributed by atoms with Crippen molar-refractivity contribution >= 4 is 29.5 Å². The number of carbonyl (C=O) groups excluding carboxylic acids is 1. The second-order valence-electron chi connectivity index (χ2n) is 3.79. The number of benzene rings is 1. The van der Waals surface area contributed by atoms with Gasteiger partial charge in [-0.05, 0) is 23.8 Å². The van der Waals surface area contributed by atoms with Gasteiger partial charge in [-0.25, -0.2) is 9.79 Å². The number of cyclic esters (lactones) is 1. The minimum Gasteiger partial charge on any atom is -0.493 e. The summed E-state index contributed by atoms with van der Waals surface area (Å²) in [6.07, 6.45) is 1.58. The first-order valence-electron chi connectivity index (χ1n) is 5.46. The van der Waals surface area contributed by atoms with Crippen molar-refractivity contribution in [3.8, 4) is 11.5 Å². The molecule has 1 aromatic rings. The lowest BCUT2D eigenvalue weighted by atomic mass is 10.1. The van der Waals surface area contributed by atoms with Gasteiger partial charge in [-0.15, -0.1) is 0 Å². The molecule has 1 aliphatic rings. The summed E-state index contributed by atoms with van der Waals surface area (Å²) < 4.78 is 15.1. The van der Waals surface area contributed by atoms with Crippen molar-refractivity contribution in [2.45, 2.75) is 6.92 Å². The Morgan fingerprint density at radius 1 is 1.32 bits per heavy atom. The van der Waals surface area contributed by atoms with E-state index in [4.69, 9.17) is 25.8 Å². The fourth-order valence-corrected chi connectivity index (χ4v) is 1.99. The van der Waals surface area contributed by atoms with E-state index in [2.05, 4.69) is 4.99 Å². The molecule has 0 radical (unpaired) electrons. The summed E-state index contributed by atoms with van der Waals surface area (Å²) in [7, 11) is 3.01. The van der Waals surface area contributed by atoms with Gasteiger partial charge in [-0.2, -0.15) is 0 Å². The Morgan fingerprint density at radius 3 is 2.58 bits per heavy atom. The number of aliphatic imine (C=N–C) groups is 1. The van der Waals surface area contributed by atoms with Crippen molar-refractivity contribution in [3.63, 3.8) is 0 Å². The quantitative estimate of drug-likeness (QED) is 0.631. The third-order valence-electron chi connectivity index (χ3n) is 2.49. The van der Waals surface area contributed by atoms with Gasteiger partial charge in [0.25, 0.3) is 0 Å². The molecule has 0 aliphatic carbocycles. The first-order chi connectivity index (χ1) is 9.05. The number of carbonyl (C=O) groups is 1. The fraction of sp³-hybridized carbons (Fsp3) is 0.231. The van der Waals surface area contributed by atoms with Gasteiger partial charge in [0.15, 0.2) is 23.1 Å². The molecule has 2 rings (SSSR count). The van der Waals surface area contributed by atoms with Gasteiger partial charge in [0.05, 0.1) is 19.2 Å². The average Bonchev–Trinajstić information content (AvgIpc) is 2.67. The number of rotatable bonds is 3. The van der Waals surface area contributed by atoms with Crippen molar-refractivity contribution in [1.29, 1.82) is 0 Å². The minimum atomic E-state index is -0.483. The molecule has 0 atom stereocenters. The Labute approximate surface area is 115 Å². The highest BCUT2D eigenvalue weighted by Gasteiger charge is 2.20. The van der Waals surface area contributed by atoms with E-state index in [9.17, 15) is 4.79 Å². The van der Waals surface area contributed by atoms with E-state index in [1.165, 1.54) is 14.2 Å². The Balaban J connectivity index is 2.45. The van der Waals surface area contributed by atoms with Crippen LogP contribution < -0.4 is 9.47 Å². The van der Waals surface area contributed by atoms with Crippen molar-refractivity contribution in [2.75, 3.05) is 14.2 Å². The number of esters is 1. The summed E-state index contributed by atoms with van der Waals surface area (Å²) in [6.45, 7) is 1.61. The molecular formula is C13H12ClNO4. The molecular weight excluding hydrogens is 270 g/mol. The van der Waals surface area contributed by atoms with E-state index in [0.29, 0.717) is 28.0 Å². The highest BCUT2D eigenvalue weighted by molar-refractivity contribution is 6.32. The fourth-order valence-electron chi connectivity index (χ4n) is 1.69. The van der Waals surface area contributed by atoms with Crippen LogP contribution in [0.5, 0.6) is 11.5 Å². The summed E-state index contributed by atoms with van der Waals surface area (Å²) in [4.78, 5) is 15.4. The molecule has 0 amide bonds. The molecule has 1 heterocycles. The summed E-state index contributed by atoms with van der Waals surface area (Å²) in [5.74, 6) is 0.764. The number of methoxy groups -OCH3 is 2. The van der Waals surface area contributed by atoms with Crippen molar-refractivity contribution in [2.24, 2.45) is 4.99 Å². The van der Waals surface area contributed by atoms with Crippen LogP contribution in [0.15, 0.2) is 22.8 Å². The van der Waals surface area contributed by atoms with Crippen LogP contribution in [0.1, 0.15) is 12.5 Å². The molecule has 0 unspecified atom stereocenters. The average molecular weight is 282 g/mol. The van der Waals surface area contributed by atoms with Crippen LogP contribution in [-0.4, -0.2) is 26.1 Å². The maximum Gasteiger partial charge on any atom is 0.363 e. The molecule has 19 heavy (non-hydrogen) atoms. The Morgan fingerprint density at radius 2 is 2.05 bits per heavy atom. The summed E-state index contributed by atoms with van der Waals surface area (Å²) in [6, 6.07) is 3.36. The molecule has 1 aliphatic heterocycles. The molecule has 0 saturated carbocycles. The Bertz CT molecular complexity index is 593. The maximum absolute atomic E-state index is 11.5. The Hall–Kier alpha value is -2.01. The normalized spacial score (nSPS) is 16.3. The second kappa shape index (κ2) is 5.32. The van der Waals surface area contributed by atoms with Crippen LogP contribution in [0.3, 0.4) is 0 Å². The van der Waals surface area contributed by atoms with Crippen LogP contribution in [0.25, 0.3) is 6.08 Å². The van der Waals surface area contributed by atoms with E-state index in [1.807, 2.05) is 0 Å². The molecule has 0 fully saturated rings. The van der Waals surface area contributed by atoms with Gasteiger partial charge in [0.2, 0.25) is 0 Å². The predicted molar refractivity (Wildman–Crippen MR) is 71.7 cm³/mol. The second-order valence-corrected chi connectivity index (χ2v) is 4.20. The van der Waals surface area contributed by atoms with Crippen molar-refractivity contribution in [3.05, 3.63) is 28.4 Å². The number of hydrogen-bond donors (Lipinski definition) is 0. The predicted octanol–water partition coefficient (Wildman–Crippen LogP) is 2.67. The zero-order valence-electron chi connectivity index (χ0n) is 10.7. The molecule has 0 saturated heterocycles. The first-order valence-corrected chi connectivity index (χ1v) is 5.83. The van der Waals surface area contributed by atoms with Crippen LogP contribution in [0, 0.1) is 0 Å². The summed E-state index contributed by atoms with van der Waals surface area (Å²) in [5.41, 5.74) is 0.897. The zero-order valence-corrected chi connectivity index (χ0v) is 11.4. The van der Waals surface area contributed by atoms with E-state index >= 15 is 0 Å². The largest absolute Gasteiger partial charge is 0.493 e. The standard InChI is InChI=1S/C13H12ClNO4/c1-7-15-10(13(16)19-7)5-8-4-9(14)12(18-3)11(6-8)17-2/h4-6H,1-3H3/b10-5-. The van der Waals surface area contributed by atoms with E-state index in [0.717, 1.165) is 0 Å². The number of nitrogens with zero attached hydrogens (tertiary/aromatic N) is 1. The third-order valence-corrected chi connectivity index (χ3v) is 2.77. The number of ether oxygens (including phenoxy) is 3. The van der Waals surface area contributed by atoms with Crippen LogP contribution in [0.4, 0.5) is 0 Å². The highest BCUT2D eigenvalue weighted by Crippen LogP contribution is 2.36. The topological polar surface area (TPSA) is 57.1 Å². The monoisotopic (exact) mass is 281 g/mol. The van der Waals surface area contributed by atoms with E-state index in [1.54, 1.807) is 25.1 Å². The molecule has 0 N–H and O–H groups in total. The third kappa shape index (κ3) is 2.71. The summed E-state index contributed by atoms with van der Waals surface area (Å²) in [5, 5.41) is 0.390. The number of hydrogen-bond acceptors (Lipinski definition) is 5. The molecule has 6 heteroatoms. The summed E-state index contributed by atoms with van der Waals surface area (Å²) >= 11 is 6.08. The molecule has 1 aromatic carbocycles. The SMILES string of the molecule is COc1cc(/C=C2\N=C(C)OC2=O)cc(Cl)c1OC. The smallest absolute Gasteiger partial charge is 0.363 e. The van der Waals surface area contributed by atoms with Gasteiger partial charge in [-0.1, -0.05) is 11.6 Å². The lowest BCUT2D eigenvalue weighted by Gasteiger charge is -2.10. The van der Waals surface area contributed by atoms with Crippen molar-refractivity contribution < 1.29 is 19.0 Å². The van der Waals surface area contributed by atoms with Crippen LogP contribution in [0.2, 0.25) is 5.02 Å². The lowest BCUT2D eigenvalue weighted by molar-refractivity contribution is -0.130. The Kier molecular flexibility index (Phi) is 3.76. The molecule has 100 valence electrons. The number of halogens is 1. The van der Waals surface area contributed by atoms with Gasteiger partial charge in [-0.3, -0.25) is 0 Å². The zero-order chi connectivity index (χ0) is 14.0. The minimum absolute atomic E-state index is 0.223. The first kappa shape index (κ1) is 13.4. The van der Waals surface area contributed by atoms with E-state index < -0.39 is 5.97 Å². The van der Waals surface area contributed by atoms with E-state index in [-0.39, 0.29) is 5.70 Å². The molecule has 0 spiro atoms. The molecule has 0 bridgehead atoms. The van der Waals surface area contributed by atoms with Gasteiger partial charge in [0.1, 0.15) is 0 Å². The maximum atomic E-state index is 11.5. The van der Waals surface area contributed by atoms with Crippen LogP contribution in [-0.2, 0) is 9.53 Å². The molecule has 5 nitrogen and oxygen atoms in total. The molecule has 0 aromatic heterocycles. The lowest BCUT2D eigenvalue weighted by Crippen LogP contribution is -2.00. The van der Waals surface area contributed by atoms with Gasteiger partial charge < -0.3 is 14.2 Å².